The van der Waals surface area contributed by atoms with E-state index in [4.69, 9.17) is 9.47 Å². The van der Waals surface area contributed by atoms with E-state index in [0.29, 0.717) is 55.6 Å². The standard InChI is InChI=1S/C24H25N3O5/c1-31-22(30)17-8-6-16(7-9-17)21(29)27-12-10-23(11-13-27)14-24(15-32-23)25-19-5-3-2-4-18(19)20(28)26-24/h2-9,25H,10-15H2,1H3,(H,26,28)/t24-/m0/s1. The van der Waals surface area contributed by atoms with Crippen LogP contribution in [0.15, 0.2) is 48.5 Å². The zero-order chi connectivity index (χ0) is 22.3. The van der Waals surface area contributed by atoms with Gasteiger partial charge in [-0.2, -0.15) is 0 Å². The molecular formula is C24H25N3O5. The molecule has 3 aliphatic heterocycles. The highest BCUT2D eigenvalue weighted by Gasteiger charge is 2.53. The van der Waals surface area contributed by atoms with Gasteiger partial charge < -0.3 is 25.0 Å². The maximum Gasteiger partial charge on any atom is 0.337 e. The summed E-state index contributed by atoms with van der Waals surface area (Å²) in [5.74, 6) is -0.590. The molecule has 0 unspecified atom stereocenters. The van der Waals surface area contributed by atoms with Crippen LogP contribution < -0.4 is 10.6 Å². The lowest BCUT2D eigenvalue weighted by Crippen LogP contribution is -2.59. The van der Waals surface area contributed by atoms with Crippen LogP contribution in [0.4, 0.5) is 5.69 Å². The summed E-state index contributed by atoms with van der Waals surface area (Å²) in [6.07, 6.45) is 2.04. The second kappa shape index (κ2) is 7.63. The van der Waals surface area contributed by atoms with Crippen LogP contribution in [0.5, 0.6) is 0 Å². The van der Waals surface area contributed by atoms with E-state index in [1.807, 2.05) is 23.1 Å². The van der Waals surface area contributed by atoms with Gasteiger partial charge >= 0.3 is 5.97 Å². The van der Waals surface area contributed by atoms with E-state index in [2.05, 4.69) is 10.6 Å². The minimum absolute atomic E-state index is 0.0676. The van der Waals surface area contributed by atoms with Gasteiger partial charge in [0, 0.05) is 30.8 Å². The molecule has 0 bridgehead atoms. The molecule has 2 spiro atoms. The van der Waals surface area contributed by atoms with Crippen LogP contribution in [-0.4, -0.2) is 60.8 Å². The van der Waals surface area contributed by atoms with Crippen molar-refractivity contribution >= 4 is 23.5 Å². The Morgan fingerprint density at radius 1 is 1.00 bits per heavy atom. The minimum atomic E-state index is -0.624. The number of esters is 1. The lowest BCUT2D eigenvalue weighted by molar-refractivity contribution is -0.0393. The second-order valence-corrected chi connectivity index (χ2v) is 8.72. The number of fused-ring (bicyclic) bond motifs is 1. The molecule has 0 saturated carbocycles. The average Bonchev–Trinajstić information content (AvgIpc) is 3.15. The number of nitrogens with one attached hydrogen (secondary N) is 2. The molecule has 2 aromatic rings. The van der Waals surface area contributed by atoms with Crippen molar-refractivity contribution in [2.24, 2.45) is 0 Å². The number of likely N-dealkylation sites (tertiary alicyclic amines) is 1. The molecule has 2 fully saturated rings. The number of nitrogens with zero attached hydrogens (tertiary/aromatic N) is 1. The highest BCUT2D eigenvalue weighted by molar-refractivity contribution is 6.02. The fourth-order valence-corrected chi connectivity index (χ4v) is 4.94. The zero-order valence-corrected chi connectivity index (χ0v) is 17.8. The van der Waals surface area contributed by atoms with Gasteiger partial charge in [0.05, 0.1) is 30.4 Å². The predicted octanol–water partition coefficient (Wildman–Crippen LogP) is 2.42. The Labute approximate surface area is 185 Å². The lowest BCUT2D eigenvalue weighted by Gasteiger charge is -2.41. The van der Waals surface area contributed by atoms with E-state index in [1.54, 1.807) is 30.3 Å². The van der Waals surface area contributed by atoms with E-state index in [1.165, 1.54) is 7.11 Å². The molecule has 5 rings (SSSR count). The fraction of sp³-hybridized carbons (Fsp3) is 0.375. The van der Waals surface area contributed by atoms with E-state index >= 15 is 0 Å². The number of hydrogen-bond donors (Lipinski definition) is 2. The Balaban J connectivity index is 1.24. The number of ether oxygens (including phenoxy) is 2. The minimum Gasteiger partial charge on any atom is -0.465 e. The summed E-state index contributed by atoms with van der Waals surface area (Å²) in [6.45, 7) is 1.52. The van der Waals surface area contributed by atoms with Gasteiger partial charge in [0.25, 0.3) is 11.8 Å². The molecule has 2 aromatic carbocycles. The van der Waals surface area contributed by atoms with Gasteiger partial charge in [-0.3, -0.25) is 9.59 Å². The van der Waals surface area contributed by atoms with E-state index in [-0.39, 0.29) is 17.4 Å². The third-order valence-electron chi connectivity index (χ3n) is 6.66. The second-order valence-electron chi connectivity index (χ2n) is 8.72. The smallest absolute Gasteiger partial charge is 0.337 e. The number of methoxy groups -OCH3 is 1. The summed E-state index contributed by atoms with van der Waals surface area (Å²) in [5, 5.41) is 6.58. The van der Waals surface area contributed by atoms with Gasteiger partial charge in [-0.25, -0.2) is 4.79 Å². The SMILES string of the molecule is COC(=O)c1ccc(C(=O)N2CCC3(CC2)C[C@@]2(CO3)NC(=O)c3ccccc3N2)cc1. The van der Waals surface area contributed by atoms with Gasteiger partial charge in [0.1, 0.15) is 5.66 Å². The number of amides is 2. The summed E-state index contributed by atoms with van der Waals surface area (Å²) in [4.78, 5) is 38.9. The van der Waals surface area contributed by atoms with Crippen molar-refractivity contribution in [1.29, 1.82) is 0 Å². The molecule has 32 heavy (non-hydrogen) atoms. The van der Waals surface area contributed by atoms with Crippen molar-refractivity contribution in [1.82, 2.24) is 10.2 Å². The largest absolute Gasteiger partial charge is 0.465 e. The monoisotopic (exact) mass is 435 g/mol. The van der Waals surface area contributed by atoms with Gasteiger partial charge in [-0.05, 0) is 49.2 Å². The number of benzene rings is 2. The number of carbonyl (C=O) groups is 3. The Morgan fingerprint density at radius 3 is 2.41 bits per heavy atom. The van der Waals surface area contributed by atoms with Crippen LogP contribution in [0.3, 0.4) is 0 Å². The van der Waals surface area contributed by atoms with Crippen LogP contribution in [0.1, 0.15) is 50.3 Å². The van der Waals surface area contributed by atoms with Crippen molar-refractivity contribution in [3.05, 3.63) is 65.2 Å². The topological polar surface area (TPSA) is 97.0 Å². The summed E-state index contributed by atoms with van der Waals surface area (Å²) in [6, 6.07) is 14.0. The molecule has 166 valence electrons. The van der Waals surface area contributed by atoms with Crippen LogP contribution in [0.2, 0.25) is 0 Å². The average molecular weight is 435 g/mol. The van der Waals surface area contributed by atoms with E-state index in [0.717, 1.165) is 5.69 Å². The predicted molar refractivity (Wildman–Crippen MR) is 116 cm³/mol. The molecule has 3 aliphatic rings. The Bertz CT molecular complexity index is 1080. The molecule has 8 nitrogen and oxygen atoms in total. The van der Waals surface area contributed by atoms with Crippen LogP contribution in [0, 0.1) is 0 Å². The Kier molecular flexibility index (Phi) is 4.89. The van der Waals surface area contributed by atoms with Crippen molar-refractivity contribution in [2.45, 2.75) is 30.5 Å². The normalized spacial score (nSPS) is 23.4. The van der Waals surface area contributed by atoms with Gasteiger partial charge in [0.15, 0.2) is 0 Å². The van der Waals surface area contributed by atoms with Crippen molar-refractivity contribution < 1.29 is 23.9 Å². The number of hydrogen-bond acceptors (Lipinski definition) is 6. The zero-order valence-electron chi connectivity index (χ0n) is 17.8. The van der Waals surface area contributed by atoms with Crippen LogP contribution in [-0.2, 0) is 9.47 Å². The summed E-state index contributed by atoms with van der Waals surface area (Å²) in [5.41, 5.74) is 1.40. The molecule has 0 aliphatic carbocycles. The molecule has 3 heterocycles. The highest BCUT2D eigenvalue weighted by atomic mass is 16.5. The number of para-hydroxylation sites is 1. The number of anilines is 1. The number of piperidine rings is 1. The van der Waals surface area contributed by atoms with Crippen molar-refractivity contribution in [3.8, 4) is 0 Å². The molecular weight excluding hydrogens is 410 g/mol. The maximum atomic E-state index is 12.9. The first-order valence-corrected chi connectivity index (χ1v) is 10.7. The summed E-state index contributed by atoms with van der Waals surface area (Å²) >= 11 is 0. The van der Waals surface area contributed by atoms with E-state index < -0.39 is 11.6 Å². The maximum absolute atomic E-state index is 12.9. The number of rotatable bonds is 2. The van der Waals surface area contributed by atoms with E-state index in [9.17, 15) is 14.4 Å². The molecule has 0 aromatic heterocycles. The molecule has 8 heteroatoms. The molecule has 2 saturated heterocycles. The third-order valence-corrected chi connectivity index (χ3v) is 6.66. The Morgan fingerprint density at radius 2 is 1.69 bits per heavy atom. The molecule has 0 radical (unpaired) electrons. The summed E-state index contributed by atoms with van der Waals surface area (Å²) in [7, 11) is 1.33. The highest BCUT2D eigenvalue weighted by Crippen LogP contribution is 2.43. The van der Waals surface area contributed by atoms with Crippen LogP contribution >= 0.6 is 0 Å². The van der Waals surface area contributed by atoms with Crippen LogP contribution in [0.25, 0.3) is 0 Å². The molecule has 2 amide bonds. The van der Waals surface area contributed by atoms with Crippen molar-refractivity contribution in [2.75, 3.05) is 32.1 Å². The molecule has 1 atom stereocenters. The third kappa shape index (κ3) is 3.50. The Hall–Kier alpha value is -3.39. The number of carbonyl (C=O) groups excluding carboxylic acids is 3. The van der Waals surface area contributed by atoms with Gasteiger partial charge in [0.2, 0.25) is 0 Å². The van der Waals surface area contributed by atoms with Crippen molar-refractivity contribution in [3.63, 3.8) is 0 Å². The molecule has 2 N–H and O–H groups in total. The lowest BCUT2D eigenvalue weighted by atomic mass is 9.84. The first kappa shape index (κ1) is 20.5. The van der Waals surface area contributed by atoms with Gasteiger partial charge in [-0.15, -0.1) is 0 Å². The fourth-order valence-electron chi connectivity index (χ4n) is 4.94. The first-order valence-electron chi connectivity index (χ1n) is 10.7. The summed E-state index contributed by atoms with van der Waals surface area (Å²) < 4.78 is 11.0. The first-order chi connectivity index (χ1) is 15.4. The quantitative estimate of drug-likeness (QED) is 0.704. The van der Waals surface area contributed by atoms with Gasteiger partial charge in [-0.1, -0.05) is 12.1 Å².